The maximum Gasteiger partial charge on any atom is 0.222 e. The van der Waals surface area contributed by atoms with Crippen LogP contribution >= 0.6 is 11.3 Å². The van der Waals surface area contributed by atoms with Gasteiger partial charge in [0.25, 0.3) is 0 Å². The zero-order valence-electron chi connectivity index (χ0n) is 10.2. The number of unbranched alkanes of at least 4 members (excludes halogenated alkanes) is 1. The fourth-order valence-corrected chi connectivity index (χ4v) is 2.37. The van der Waals surface area contributed by atoms with Crippen molar-refractivity contribution in [3.63, 3.8) is 0 Å². The van der Waals surface area contributed by atoms with Crippen molar-refractivity contribution in [2.45, 2.75) is 19.8 Å². The first-order valence-electron chi connectivity index (χ1n) is 5.82. The second-order valence-electron chi connectivity index (χ2n) is 3.87. The fourth-order valence-electron chi connectivity index (χ4n) is 1.59. The molecule has 4 N–H and O–H groups in total. The summed E-state index contributed by atoms with van der Waals surface area (Å²) in [7, 11) is 0. The summed E-state index contributed by atoms with van der Waals surface area (Å²) >= 11 is 1.55. The Balaban J connectivity index is 2.32. The molecule has 0 saturated carbocycles. The molecular formula is C12H16N4OS. The molecule has 96 valence electrons. The Morgan fingerprint density at radius 2 is 2.39 bits per heavy atom. The maximum absolute atomic E-state index is 9.30. The van der Waals surface area contributed by atoms with E-state index >= 15 is 0 Å². The molecule has 18 heavy (non-hydrogen) atoms. The van der Waals surface area contributed by atoms with Gasteiger partial charge in [0.1, 0.15) is 0 Å². The lowest BCUT2D eigenvalue weighted by atomic mass is 10.3. The first-order chi connectivity index (χ1) is 8.74. The van der Waals surface area contributed by atoms with Crippen molar-refractivity contribution in [2.75, 3.05) is 17.7 Å². The third-order valence-electron chi connectivity index (χ3n) is 2.45. The number of allylic oxidation sites excluding steroid dienone is 1. The van der Waals surface area contributed by atoms with E-state index in [-0.39, 0.29) is 12.6 Å². The normalized spacial score (nSPS) is 12.0. The Morgan fingerprint density at radius 1 is 1.56 bits per heavy atom. The summed E-state index contributed by atoms with van der Waals surface area (Å²) < 4.78 is 0.944. The minimum absolute atomic E-state index is 0.0449. The van der Waals surface area contributed by atoms with E-state index in [1.807, 2.05) is 17.5 Å². The van der Waals surface area contributed by atoms with Crippen molar-refractivity contribution in [3.8, 4) is 0 Å². The summed E-state index contributed by atoms with van der Waals surface area (Å²) in [4.78, 5) is 8.33. The second-order valence-corrected chi connectivity index (χ2v) is 4.78. The van der Waals surface area contributed by atoms with Crippen LogP contribution in [0.4, 0.5) is 11.8 Å². The molecule has 0 unspecified atom stereocenters. The smallest absolute Gasteiger partial charge is 0.222 e. The van der Waals surface area contributed by atoms with Crippen LogP contribution in [-0.2, 0) is 0 Å². The molecule has 0 aliphatic carbocycles. The predicted octanol–water partition coefficient (Wildman–Crippen LogP) is 2.36. The van der Waals surface area contributed by atoms with Gasteiger partial charge >= 0.3 is 0 Å². The van der Waals surface area contributed by atoms with Crippen LogP contribution in [0.5, 0.6) is 0 Å². The predicted molar refractivity (Wildman–Crippen MR) is 75.5 cm³/mol. The number of thiophene rings is 1. The molecule has 0 aliphatic rings. The van der Waals surface area contributed by atoms with E-state index in [0.717, 1.165) is 28.8 Å². The van der Waals surface area contributed by atoms with Gasteiger partial charge in [-0.05, 0) is 17.9 Å². The van der Waals surface area contributed by atoms with E-state index in [1.165, 1.54) is 0 Å². The SMILES string of the molecule is CCC/C=C(\CO)Nc1nc(N)nc2ccsc12. The summed E-state index contributed by atoms with van der Waals surface area (Å²) in [5, 5.41) is 14.4. The number of nitrogens with zero attached hydrogens (tertiary/aromatic N) is 2. The van der Waals surface area contributed by atoms with Crippen LogP contribution in [0.3, 0.4) is 0 Å². The molecule has 2 aromatic rings. The Bertz CT molecular complexity index is 564. The van der Waals surface area contributed by atoms with Gasteiger partial charge < -0.3 is 16.2 Å². The van der Waals surface area contributed by atoms with E-state index in [1.54, 1.807) is 11.3 Å². The van der Waals surface area contributed by atoms with E-state index in [0.29, 0.717) is 5.82 Å². The van der Waals surface area contributed by atoms with Gasteiger partial charge in [0.2, 0.25) is 5.95 Å². The standard InChI is InChI=1S/C12H16N4OS/c1-2-3-4-8(7-17)14-11-10-9(5-6-18-10)15-12(13)16-11/h4-6,17H,2-3,7H2,1H3,(H3,13,14,15,16)/b8-4+. The molecule has 2 heterocycles. The van der Waals surface area contributed by atoms with Gasteiger partial charge in [-0.1, -0.05) is 19.4 Å². The van der Waals surface area contributed by atoms with Crippen molar-refractivity contribution in [1.29, 1.82) is 0 Å². The highest BCUT2D eigenvalue weighted by atomic mass is 32.1. The number of aliphatic hydroxyl groups excluding tert-OH is 1. The average molecular weight is 264 g/mol. The zero-order valence-corrected chi connectivity index (χ0v) is 11.0. The molecule has 6 heteroatoms. The highest BCUT2D eigenvalue weighted by molar-refractivity contribution is 7.17. The Hall–Kier alpha value is -1.66. The number of nitrogen functional groups attached to an aromatic ring is 1. The fraction of sp³-hybridized carbons (Fsp3) is 0.333. The zero-order chi connectivity index (χ0) is 13.0. The Morgan fingerprint density at radius 3 is 3.11 bits per heavy atom. The molecule has 0 bridgehead atoms. The average Bonchev–Trinajstić information content (AvgIpc) is 2.82. The van der Waals surface area contributed by atoms with Crippen molar-refractivity contribution in [2.24, 2.45) is 0 Å². The Kier molecular flexibility index (Phi) is 4.11. The van der Waals surface area contributed by atoms with Gasteiger partial charge in [-0.3, -0.25) is 0 Å². The van der Waals surface area contributed by atoms with Gasteiger partial charge in [-0.25, -0.2) is 4.98 Å². The van der Waals surface area contributed by atoms with Gasteiger partial charge in [0, 0.05) is 5.70 Å². The van der Waals surface area contributed by atoms with Gasteiger partial charge in [-0.15, -0.1) is 11.3 Å². The molecule has 0 amide bonds. The largest absolute Gasteiger partial charge is 0.390 e. The molecule has 2 rings (SSSR count). The van der Waals surface area contributed by atoms with Crippen LogP contribution in [0.25, 0.3) is 10.2 Å². The number of hydrogen-bond acceptors (Lipinski definition) is 6. The number of nitrogens with two attached hydrogens (primary N) is 1. The summed E-state index contributed by atoms with van der Waals surface area (Å²) in [5.74, 6) is 0.889. The highest BCUT2D eigenvalue weighted by Gasteiger charge is 2.08. The van der Waals surface area contributed by atoms with E-state index in [4.69, 9.17) is 5.73 Å². The molecule has 2 aromatic heterocycles. The molecule has 5 nitrogen and oxygen atoms in total. The Labute approximate surface area is 109 Å². The van der Waals surface area contributed by atoms with Gasteiger partial charge in [0.15, 0.2) is 5.82 Å². The molecule has 0 saturated heterocycles. The second kappa shape index (κ2) is 5.79. The van der Waals surface area contributed by atoms with Gasteiger partial charge in [0.05, 0.1) is 16.8 Å². The lowest BCUT2D eigenvalue weighted by Gasteiger charge is -2.09. The first-order valence-corrected chi connectivity index (χ1v) is 6.70. The summed E-state index contributed by atoms with van der Waals surface area (Å²) in [6, 6.07) is 1.90. The molecule has 0 radical (unpaired) electrons. The molecule has 0 aromatic carbocycles. The summed E-state index contributed by atoms with van der Waals surface area (Å²) in [6.45, 7) is 2.04. The number of nitrogens with one attached hydrogen (secondary N) is 1. The number of hydrogen-bond donors (Lipinski definition) is 3. The lowest BCUT2D eigenvalue weighted by Crippen LogP contribution is -2.07. The van der Waals surface area contributed by atoms with Crippen LogP contribution < -0.4 is 11.1 Å². The minimum Gasteiger partial charge on any atom is -0.390 e. The van der Waals surface area contributed by atoms with Crippen molar-refractivity contribution >= 4 is 33.3 Å². The van der Waals surface area contributed by atoms with Crippen molar-refractivity contribution in [1.82, 2.24) is 9.97 Å². The van der Waals surface area contributed by atoms with Crippen molar-refractivity contribution < 1.29 is 5.11 Å². The highest BCUT2D eigenvalue weighted by Crippen LogP contribution is 2.27. The number of fused-ring (bicyclic) bond motifs is 1. The van der Waals surface area contributed by atoms with Gasteiger partial charge in [-0.2, -0.15) is 4.98 Å². The van der Waals surface area contributed by atoms with E-state index in [9.17, 15) is 5.11 Å². The molecule has 0 spiro atoms. The van der Waals surface area contributed by atoms with Crippen LogP contribution in [-0.4, -0.2) is 21.7 Å². The third kappa shape index (κ3) is 2.77. The van der Waals surface area contributed by atoms with Crippen molar-refractivity contribution in [3.05, 3.63) is 23.2 Å². The summed E-state index contributed by atoms with van der Waals surface area (Å²) in [5.41, 5.74) is 7.22. The number of rotatable bonds is 5. The molecular weight excluding hydrogens is 248 g/mol. The quantitative estimate of drug-likeness (QED) is 0.772. The number of aromatic nitrogens is 2. The monoisotopic (exact) mass is 264 g/mol. The minimum atomic E-state index is -0.0449. The molecule has 0 fully saturated rings. The third-order valence-corrected chi connectivity index (χ3v) is 3.36. The lowest BCUT2D eigenvalue weighted by molar-refractivity contribution is 0.332. The summed E-state index contributed by atoms with van der Waals surface area (Å²) in [6.07, 6.45) is 3.92. The molecule has 0 aliphatic heterocycles. The maximum atomic E-state index is 9.30. The van der Waals surface area contributed by atoms with Crippen LogP contribution in [0.1, 0.15) is 19.8 Å². The van der Waals surface area contributed by atoms with Crippen LogP contribution in [0.15, 0.2) is 23.2 Å². The van der Waals surface area contributed by atoms with Crippen LogP contribution in [0.2, 0.25) is 0 Å². The first kappa shape index (κ1) is 12.8. The topological polar surface area (TPSA) is 84.1 Å². The molecule has 0 atom stereocenters. The number of aliphatic hydroxyl groups is 1. The van der Waals surface area contributed by atoms with E-state index < -0.39 is 0 Å². The number of anilines is 2. The van der Waals surface area contributed by atoms with E-state index in [2.05, 4.69) is 22.2 Å². The van der Waals surface area contributed by atoms with Crippen LogP contribution in [0, 0.1) is 0 Å².